The Morgan fingerprint density at radius 2 is 1.95 bits per heavy atom. The first kappa shape index (κ1) is 14.3. The van der Waals surface area contributed by atoms with E-state index in [-0.39, 0.29) is 12.5 Å². The fourth-order valence-corrected chi connectivity index (χ4v) is 1.99. The SMILES string of the molecule is Cc1ccc(C(C)(O)CNC(=O)c2ccccc2C)o1. The van der Waals surface area contributed by atoms with Crippen LogP contribution in [0.3, 0.4) is 0 Å². The molecule has 20 heavy (non-hydrogen) atoms. The maximum Gasteiger partial charge on any atom is 0.251 e. The third kappa shape index (κ3) is 3.08. The first-order valence-electron chi connectivity index (χ1n) is 6.53. The molecule has 0 aliphatic heterocycles. The van der Waals surface area contributed by atoms with Crippen LogP contribution in [-0.4, -0.2) is 17.6 Å². The molecule has 2 N–H and O–H groups in total. The minimum absolute atomic E-state index is 0.0904. The Balaban J connectivity index is 2.05. The number of carbonyl (C=O) groups is 1. The van der Waals surface area contributed by atoms with Gasteiger partial charge < -0.3 is 14.8 Å². The average molecular weight is 273 g/mol. The lowest BCUT2D eigenvalue weighted by Gasteiger charge is -2.21. The zero-order valence-corrected chi connectivity index (χ0v) is 11.9. The summed E-state index contributed by atoms with van der Waals surface area (Å²) in [7, 11) is 0. The molecule has 2 rings (SSSR count). The molecule has 1 heterocycles. The van der Waals surface area contributed by atoms with Crippen molar-refractivity contribution < 1.29 is 14.3 Å². The number of rotatable bonds is 4. The summed E-state index contributed by atoms with van der Waals surface area (Å²) in [5.41, 5.74) is 0.282. The smallest absolute Gasteiger partial charge is 0.251 e. The van der Waals surface area contributed by atoms with Gasteiger partial charge in [-0.25, -0.2) is 0 Å². The molecule has 1 unspecified atom stereocenters. The molecule has 1 aromatic carbocycles. The zero-order chi connectivity index (χ0) is 14.8. The van der Waals surface area contributed by atoms with Gasteiger partial charge in [-0.2, -0.15) is 0 Å². The van der Waals surface area contributed by atoms with Gasteiger partial charge in [0.15, 0.2) is 0 Å². The van der Waals surface area contributed by atoms with Crippen molar-refractivity contribution in [2.45, 2.75) is 26.4 Å². The van der Waals surface area contributed by atoms with Crippen molar-refractivity contribution >= 4 is 5.91 Å². The van der Waals surface area contributed by atoms with Crippen LogP contribution >= 0.6 is 0 Å². The number of carbonyl (C=O) groups excluding carboxylic acids is 1. The van der Waals surface area contributed by atoms with Crippen LogP contribution in [0.1, 0.15) is 34.4 Å². The molecule has 0 radical (unpaired) electrons. The van der Waals surface area contributed by atoms with Gasteiger partial charge in [0.25, 0.3) is 5.91 Å². The second kappa shape index (κ2) is 5.51. The standard InChI is InChI=1S/C16H19NO3/c1-11-6-4-5-7-13(11)15(18)17-10-16(3,19)14-9-8-12(2)20-14/h4-9,19H,10H2,1-3H3,(H,17,18). The van der Waals surface area contributed by atoms with Crippen LogP contribution in [0.25, 0.3) is 0 Å². The van der Waals surface area contributed by atoms with Crippen molar-refractivity contribution in [3.8, 4) is 0 Å². The minimum atomic E-state index is -1.23. The molecule has 4 heteroatoms. The van der Waals surface area contributed by atoms with E-state index < -0.39 is 5.60 Å². The highest BCUT2D eigenvalue weighted by molar-refractivity contribution is 5.95. The summed E-state index contributed by atoms with van der Waals surface area (Å²) in [5.74, 6) is 0.970. The van der Waals surface area contributed by atoms with E-state index in [1.165, 1.54) is 0 Å². The van der Waals surface area contributed by atoms with Gasteiger partial charge in [-0.1, -0.05) is 18.2 Å². The van der Waals surface area contributed by atoms with Crippen LogP contribution < -0.4 is 5.32 Å². The Morgan fingerprint density at radius 1 is 1.25 bits per heavy atom. The lowest BCUT2D eigenvalue weighted by molar-refractivity contribution is 0.0323. The van der Waals surface area contributed by atoms with E-state index >= 15 is 0 Å². The van der Waals surface area contributed by atoms with Crippen LogP contribution in [0.4, 0.5) is 0 Å². The van der Waals surface area contributed by atoms with Crippen molar-refractivity contribution in [3.05, 3.63) is 59.0 Å². The molecule has 4 nitrogen and oxygen atoms in total. The van der Waals surface area contributed by atoms with Crippen LogP contribution in [0.2, 0.25) is 0 Å². The fraction of sp³-hybridized carbons (Fsp3) is 0.312. The molecular weight excluding hydrogens is 254 g/mol. The summed E-state index contributed by atoms with van der Waals surface area (Å²) in [6.45, 7) is 5.39. The predicted molar refractivity (Wildman–Crippen MR) is 76.5 cm³/mol. The Kier molecular flexibility index (Phi) is 3.95. The van der Waals surface area contributed by atoms with Crippen LogP contribution in [0, 0.1) is 13.8 Å². The van der Waals surface area contributed by atoms with Gasteiger partial charge in [-0.3, -0.25) is 4.79 Å². The Hall–Kier alpha value is -2.07. The van der Waals surface area contributed by atoms with Gasteiger partial charge in [0.2, 0.25) is 0 Å². The summed E-state index contributed by atoms with van der Waals surface area (Å²) in [4.78, 5) is 12.1. The number of furan rings is 1. The minimum Gasteiger partial charge on any atom is -0.463 e. The lowest BCUT2D eigenvalue weighted by atomic mass is 10.0. The first-order chi connectivity index (χ1) is 9.40. The molecule has 0 saturated heterocycles. The molecule has 0 aliphatic carbocycles. The third-order valence-electron chi connectivity index (χ3n) is 3.25. The summed E-state index contributed by atoms with van der Waals surface area (Å²) in [6.07, 6.45) is 0. The largest absolute Gasteiger partial charge is 0.463 e. The number of hydrogen-bond donors (Lipinski definition) is 2. The Morgan fingerprint density at radius 3 is 2.55 bits per heavy atom. The molecule has 2 aromatic rings. The number of benzene rings is 1. The van der Waals surface area contributed by atoms with Crippen molar-refractivity contribution in [3.63, 3.8) is 0 Å². The first-order valence-corrected chi connectivity index (χ1v) is 6.53. The Labute approximate surface area is 118 Å². The molecule has 0 bridgehead atoms. The summed E-state index contributed by atoms with van der Waals surface area (Å²) >= 11 is 0. The third-order valence-corrected chi connectivity index (χ3v) is 3.25. The van der Waals surface area contributed by atoms with E-state index in [9.17, 15) is 9.90 Å². The molecule has 1 atom stereocenters. The molecule has 0 saturated carbocycles. The van der Waals surface area contributed by atoms with Gasteiger partial charge in [0.05, 0.1) is 6.54 Å². The summed E-state index contributed by atoms with van der Waals surface area (Å²) in [6, 6.07) is 10.8. The molecule has 0 aliphatic rings. The summed E-state index contributed by atoms with van der Waals surface area (Å²) in [5, 5.41) is 13.1. The Bertz CT molecular complexity index is 614. The van der Waals surface area contributed by atoms with Gasteiger partial charge >= 0.3 is 0 Å². The molecule has 0 spiro atoms. The molecule has 1 amide bonds. The molecule has 1 aromatic heterocycles. The van der Waals surface area contributed by atoms with Gasteiger partial charge in [-0.15, -0.1) is 0 Å². The highest BCUT2D eigenvalue weighted by Crippen LogP contribution is 2.22. The average Bonchev–Trinajstić information content (AvgIpc) is 2.84. The topological polar surface area (TPSA) is 62.5 Å². The number of aliphatic hydroxyl groups is 1. The highest BCUT2D eigenvalue weighted by Gasteiger charge is 2.27. The van der Waals surface area contributed by atoms with Crippen LogP contribution in [0.15, 0.2) is 40.8 Å². The maximum atomic E-state index is 12.1. The second-order valence-corrected chi connectivity index (χ2v) is 5.18. The normalized spacial score (nSPS) is 13.8. The van der Waals surface area contributed by atoms with Gasteiger partial charge in [-0.05, 0) is 44.5 Å². The monoisotopic (exact) mass is 273 g/mol. The molecule has 0 fully saturated rings. The fourth-order valence-electron chi connectivity index (χ4n) is 1.99. The van der Waals surface area contributed by atoms with E-state index in [4.69, 9.17) is 4.42 Å². The number of amides is 1. The predicted octanol–water partition coefficient (Wildman–Crippen LogP) is 2.53. The van der Waals surface area contributed by atoms with E-state index in [1.807, 2.05) is 32.0 Å². The zero-order valence-electron chi connectivity index (χ0n) is 11.9. The quantitative estimate of drug-likeness (QED) is 0.899. The molecule has 106 valence electrons. The maximum absolute atomic E-state index is 12.1. The van der Waals surface area contributed by atoms with E-state index in [2.05, 4.69) is 5.32 Å². The summed E-state index contributed by atoms with van der Waals surface area (Å²) < 4.78 is 5.41. The van der Waals surface area contributed by atoms with E-state index in [0.717, 1.165) is 11.3 Å². The van der Waals surface area contributed by atoms with Crippen LogP contribution in [0.5, 0.6) is 0 Å². The van der Waals surface area contributed by atoms with Crippen LogP contribution in [-0.2, 0) is 5.60 Å². The number of aryl methyl sites for hydroxylation is 2. The van der Waals surface area contributed by atoms with Crippen molar-refractivity contribution in [1.29, 1.82) is 0 Å². The van der Waals surface area contributed by atoms with Gasteiger partial charge in [0.1, 0.15) is 17.1 Å². The number of nitrogens with one attached hydrogen (secondary N) is 1. The van der Waals surface area contributed by atoms with Crippen molar-refractivity contribution in [1.82, 2.24) is 5.32 Å². The van der Waals surface area contributed by atoms with Gasteiger partial charge in [0, 0.05) is 5.56 Å². The lowest BCUT2D eigenvalue weighted by Crippen LogP contribution is -2.38. The highest BCUT2D eigenvalue weighted by atomic mass is 16.4. The van der Waals surface area contributed by atoms with E-state index in [1.54, 1.807) is 25.1 Å². The molecular formula is C16H19NO3. The number of hydrogen-bond acceptors (Lipinski definition) is 3. The van der Waals surface area contributed by atoms with Crippen molar-refractivity contribution in [2.24, 2.45) is 0 Å². The second-order valence-electron chi connectivity index (χ2n) is 5.18. The van der Waals surface area contributed by atoms with Crippen molar-refractivity contribution in [2.75, 3.05) is 6.54 Å². The van der Waals surface area contributed by atoms with E-state index in [0.29, 0.717) is 11.3 Å².